The quantitative estimate of drug-likeness (QED) is 0.862. The van der Waals surface area contributed by atoms with Gasteiger partial charge >= 0.3 is 0 Å². The van der Waals surface area contributed by atoms with Crippen LogP contribution in [0.3, 0.4) is 0 Å². The molecule has 2 aromatic rings. The Morgan fingerprint density at radius 1 is 1.59 bits per heavy atom. The predicted molar refractivity (Wildman–Crippen MR) is 66.4 cm³/mol. The Bertz CT molecular complexity index is 481. The zero-order valence-electron chi connectivity index (χ0n) is 9.83. The van der Waals surface area contributed by atoms with Crippen LogP contribution in [0.4, 0.5) is 0 Å². The molecule has 1 atom stereocenters. The third kappa shape index (κ3) is 2.86. The van der Waals surface area contributed by atoms with Crippen LogP contribution in [0.1, 0.15) is 18.4 Å². The smallest absolute Gasteiger partial charge is 0.243 e. The first kappa shape index (κ1) is 12.1. The highest BCUT2D eigenvalue weighted by Crippen LogP contribution is 2.19. The van der Waals surface area contributed by atoms with Crippen molar-refractivity contribution in [3.63, 3.8) is 0 Å². The third-order valence-electron chi connectivity index (χ3n) is 2.35. The summed E-state index contributed by atoms with van der Waals surface area (Å²) in [4.78, 5) is 4.28. The van der Waals surface area contributed by atoms with Crippen LogP contribution in [0.25, 0.3) is 11.4 Å². The molecule has 2 heterocycles. The summed E-state index contributed by atoms with van der Waals surface area (Å²) in [6, 6.07) is -0.194. The van der Waals surface area contributed by atoms with Crippen molar-refractivity contribution in [2.45, 2.75) is 12.5 Å². The normalized spacial score (nSPS) is 12.9. The number of nitrogens with zero attached hydrogens (tertiary/aromatic N) is 4. The molecule has 0 bridgehead atoms. The van der Waals surface area contributed by atoms with Crippen LogP contribution in [0, 0.1) is 0 Å². The van der Waals surface area contributed by atoms with Crippen LogP contribution >= 0.6 is 11.8 Å². The molecule has 17 heavy (non-hydrogen) atoms. The molecule has 2 rings (SSSR count). The first-order valence-electron chi connectivity index (χ1n) is 5.28. The van der Waals surface area contributed by atoms with Crippen molar-refractivity contribution < 1.29 is 4.52 Å². The molecule has 0 spiro atoms. The minimum absolute atomic E-state index is 0.194. The molecule has 0 saturated carbocycles. The summed E-state index contributed by atoms with van der Waals surface area (Å²) >= 11 is 1.75. The second kappa shape index (κ2) is 5.33. The van der Waals surface area contributed by atoms with Gasteiger partial charge in [-0.25, -0.2) is 0 Å². The van der Waals surface area contributed by atoms with E-state index in [2.05, 4.69) is 15.2 Å². The molecule has 0 aliphatic rings. The van der Waals surface area contributed by atoms with Crippen molar-refractivity contribution in [3.05, 3.63) is 18.3 Å². The molecule has 2 aromatic heterocycles. The van der Waals surface area contributed by atoms with Gasteiger partial charge in [0.2, 0.25) is 11.7 Å². The Morgan fingerprint density at radius 3 is 3.06 bits per heavy atom. The lowest BCUT2D eigenvalue weighted by Gasteiger charge is -2.03. The molecule has 0 amide bonds. The van der Waals surface area contributed by atoms with Gasteiger partial charge in [0.05, 0.1) is 17.8 Å². The fourth-order valence-corrected chi connectivity index (χ4v) is 1.90. The molecule has 0 fully saturated rings. The van der Waals surface area contributed by atoms with E-state index < -0.39 is 0 Å². The van der Waals surface area contributed by atoms with E-state index in [9.17, 15) is 0 Å². The van der Waals surface area contributed by atoms with E-state index in [0.717, 1.165) is 17.7 Å². The maximum absolute atomic E-state index is 5.95. The highest BCUT2D eigenvalue weighted by molar-refractivity contribution is 7.98. The van der Waals surface area contributed by atoms with E-state index in [1.165, 1.54) is 0 Å². The van der Waals surface area contributed by atoms with Crippen molar-refractivity contribution in [2.75, 3.05) is 12.0 Å². The monoisotopic (exact) mass is 253 g/mol. The molecule has 0 aromatic carbocycles. The zero-order chi connectivity index (χ0) is 12.3. The van der Waals surface area contributed by atoms with Crippen LogP contribution in [0.5, 0.6) is 0 Å². The van der Waals surface area contributed by atoms with Gasteiger partial charge in [0.25, 0.3) is 0 Å². The first-order chi connectivity index (χ1) is 8.20. The summed E-state index contributed by atoms with van der Waals surface area (Å²) in [6.45, 7) is 0. The maximum atomic E-state index is 5.95. The molecule has 92 valence electrons. The zero-order valence-corrected chi connectivity index (χ0v) is 10.6. The Labute approximate surface area is 104 Å². The lowest BCUT2D eigenvalue weighted by Crippen LogP contribution is -2.11. The van der Waals surface area contributed by atoms with Gasteiger partial charge in [0, 0.05) is 13.2 Å². The lowest BCUT2D eigenvalue weighted by atomic mass is 10.2. The van der Waals surface area contributed by atoms with Crippen LogP contribution < -0.4 is 5.73 Å². The number of thioether (sulfide) groups is 1. The Balaban J connectivity index is 2.10. The van der Waals surface area contributed by atoms with Gasteiger partial charge < -0.3 is 10.3 Å². The average molecular weight is 253 g/mol. The number of hydrogen-bond acceptors (Lipinski definition) is 6. The minimum Gasteiger partial charge on any atom is -0.337 e. The second-order valence-electron chi connectivity index (χ2n) is 3.75. The van der Waals surface area contributed by atoms with Gasteiger partial charge in [-0.05, 0) is 18.4 Å². The molecule has 0 saturated heterocycles. The van der Waals surface area contributed by atoms with Gasteiger partial charge in [0.1, 0.15) is 0 Å². The molecule has 2 N–H and O–H groups in total. The van der Waals surface area contributed by atoms with Crippen molar-refractivity contribution in [1.29, 1.82) is 0 Å². The van der Waals surface area contributed by atoms with Crippen molar-refractivity contribution in [2.24, 2.45) is 12.8 Å². The summed E-state index contributed by atoms with van der Waals surface area (Å²) in [5.74, 6) is 2.00. The van der Waals surface area contributed by atoms with Gasteiger partial charge in [0.15, 0.2) is 0 Å². The molecular formula is C10H15N5OS. The molecule has 0 radical (unpaired) electrons. The summed E-state index contributed by atoms with van der Waals surface area (Å²) in [6.07, 6.45) is 6.40. The van der Waals surface area contributed by atoms with Crippen LogP contribution in [-0.4, -0.2) is 31.9 Å². The number of aromatic nitrogens is 4. The van der Waals surface area contributed by atoms with Gasteiger partial charge in [-0.3, -0.25) is 4.68 Å². The molecule has 0 unspecified atom stereocenters. The van der Waals surface area contributed by atoms with Crippen molar-refractivity contribution >= 4 is 11.8 Å². The van der Waals surface area contributed by atoms with Gasteiger partial charge in [-0.2, -0.15) is 21.8 Å². The Hall–Kier alpha value is -1.34. The molecule has 0 aliphatic heterocycles. The SMILES string of the molecule is CSCC[C@@H](N)c1nc(-c2cnn(C)c2)no1. The predicted octanol–water partition coefficient (Wildman–Crippen LogP) is 1.22. The topological polar surface area (TPSA) is 82.8 Å². The minimum atomic E-state index is -0.194. The molecule has 7 heteroatoms. The fraction of sp³-hybridized carbons (Fsp3) is 0.500. The molecule has 0 aliphatic carbocycles. The number of hydrogen-bond donors (Lipinski definition) is 1. The third-order valence-corrected chi connectivity index (χ3v) is 3.00. The van der Waals surface area contributed by atoms with E-state index in [0.29, 0.717) is 11.7 Å². The summed E-state index contributed by atoms with van der Waals surface area (Å²) < 4.78 is 6.85. The number of nitrogens with two attached hydrogens (primary N) is 1. The highest BCUT2D eigenvalue weighted by atomic mass is 32.2. The van der Waals surface area contributed by atoms with Crippen molar-refractivity contribution in [3.8, 4) is 11.4 Å². The van der Waals surface area contributed by atoms with E-state index in [4.69, 9.17) is 10.3 Å². The van der Waals surface area contributed by atoms with Gasteiger partial charge in [-0.15, -0.1) is 0 Å². The van der Waals surface area contributed by atoms with Gasteiger partial charge in [-0.1, -0.05) is 5.16 Å². The van der Waals surface area contributed by atoms with Crippen LogP contribution in [0.15, 0.2) is 16.9 Å². The Kier molecular flexibility index (Phi) is 3.80. The summed E-state index contributed by atoms with van der Waals surface area (Å²) in [5, 5.41) is 7.96. The second-order valence-corrected chi connectivity index (χ2v) is 4.73. The highest BCUT2D eigenvalue weighted by Gasteiger charge is 2.15. The van der Waals surface area contributed by atoms with E-state index >= 15 is 0 Å². The van der Waals surface area contributed by atoms with Crippen molar-refractivity contribution in [1.82, 2.24) is 19.9 Å². The van der Waals surface area contributed by atoms with Crippen LogP contribution in [0.2, 0.25) is 0 Å². The van der Waals surface area contributed by atoms with E-state index in [1.807, 2.05) is 19.5 Å². The average Bonchev–Trinajstić information content (AvgIpc) is 2.93. The Morgan fingerprint density at radius 2 is 2.41 bits per heavy atom. The number of rotatable bonds is 5. The fourth-order valence-electron chi connectivity index (χ4n) is 1.41. The first-order valence-corrected chi connectivity index (χ1v) is 6.67. The van der Waals surface area contributed by atoms with E-state index in [1.54, 1.807) is 22.6 Å². The van der Waals surface area contributed by atoms with Crippen LogP contribution in [-0.2, 0) is 7.05 Å². The summed E-state index contributed by atoms with van der Waals surface area (Å²) in [7, 11) is 1.84. The molecule has 6 nitrogen and oxygen atoms in total. The summed E-state index contributed by atoms with van der Waals surface area (Å²) in [5.41, 5.74) is 6.78. The molecular weight excluding hydrogens is 238 g/mol. The van der Waals surface area contributed by atoms with E-state index in [-0.39, 0.29) is 6.04 Å². The lowest BCUT2D eigenvalue weighted by molar-refractivity contribution is 0.353. The maximum Gasteiger partial charge on any atom is 0.243 e. The number of aryl methyl sites for hydroxylation is 1. The largest absolute Gasteiger partial charge is 0.337 e. The standard InChI is InChI=1S/C10H15N5OS/c1-15-6-7(5-12-15)9-13-10(16-14-9)8(11)3-4-17-2/h5-6,8H,3-4,11H2,1-2H3/t8-/m1/s1.